The summed E-state index contributed by atoms with van der Waals surface area (Å²) in [6, 6.07) is 9.35. The lowest BCUT2D eigenvalue weighted by molar-refractivity contribution is 0.262. The van der Waals surface area contributed by atoms with Crippen LogP contribution in [0.5, 0.6) is 0 Å². The van der Waals surface area contributed by atoms with Gasteiger partial charge in [-0.1, -0.05) is 12.1 Å². The van der Waals surface area contributed by atoms with Gasteiger partial charge in [0.05, 0.1) is 29.0 Å². The maximum atomic E-state index is 13.9. The molecule has 29 heavy (non-hydrogen) atoms. The van der Waals surface area contributed by atoms with Gasteiger partial charge >= 0.3 is 0 Å². The molecule has 9 heteroatoms. The topological polar surface area (TPSA) is 72.3 Å². The van der Waals surface area contributed by atoms with Crippen molar-refractivity contribution in [3.8, 4) is 0 Å². The van der Waals surface area contributed by atoms with Crippen LogP contribution in [0.25, 0.3) is 10.9 Å². The van der Waals surface area contributed by atoms with Crippen LogP contribution < -0.4 is 5.56 Å². The standard InChI is InChI=1S/C20H19F2N3O3S/c21-15-7-8-18(22)14(10-15)12-29(27,28)24-9-3-4-16(11-24)25-13-23-19-6-2-1-5-17(19)20(25)26/h1-2,5-8,10,13,16H,3-4,9,11-12H2/t16-/m1/s1. The van der Waals surface area contributed by atoms with Gasteiger partial charge in [0, 0.05) is 18.7 Å². The maximum Gasteiger partial charge on any atom is 0.261 e. The van der Waals surface area contributed by atoms with Crippen molar-refractivity contribution in [1.29, 1.82) is 0 Å². The predicted molar refractivity (Wildman–Crippen MR) is 105 cm³/mol. The van der Waals surface area contributed by atoms with Crippen molar-refractivity contribution in [1.82, 2.24) is 13.9 Å². The Hall–Kier alpha value is -2.65. The van der Waals surface area contributed by atoms with Crippen molar-refractivity contribution in [2.24, 2.45) is 0 Å². The number of fused-ring (bicyclic) bond motifs is 1. The average Bonchev–Trinajstić information content (AvgIpc) is 2.71. The summed E-state index contributed by atoms with van der Waals surface area (Å²) in [6.45, 7) is 0.352. The zero-order valence-electron chi connectivity index (χ0n) is 15.5. The molecule has 1 saturated heterocycles. The van der Waals surface area contributed by atoms with Gasteiger partial charge in [-0.15, -0.1) is 0 Å². The summed E-state index contributed by atoms with van der Waals surface area (Å²) < 4.78 is 55.7. The SMILES string of the molecule is O=c1c2ccccc2ncn1[C@@H]1CCCN(S(=O)(=O)Cc2cc(F)ccc2F)C1. The first kappa shape index (κ1) is 19.7. The van der Waals surface area contributed by atoms with Crippen molar-refractivity contribution < 1.29 is 17.2 Å². The Morgan fingerprint density at radius 2 is 1.93 bits per heavy atom. The Kier molecular flexibility index (Phi) is 5.18. The molecule has 0 spiro atoms. The Morgan fingerprint density at radius 1 is 1.14 bits per heavy atom. The third-order valence-corrected chi connectivity index (χ3v) is 6.98. The minimum absolute atomic E-state index is 0.0825. The lowest BCUT2D eigenvalue weighted by Crippen LogP contribution is -2.43. The molecule has 0 N–H and O–H groups in total. The minimum atomic E-state index is -3.88. The molecule has 0 unspecified atom stereocenters. The van der Waals surface area contributed by atoms with E-state index >= 15 is 0 Å². The molecule has 0 amide bonds. The first-order valence-electron chi connectivity index (χ1n) is 9.23. The number of nitrogens with zero attached hydrogens (tertiary/aromatic N) is 3. The highest BCUT2D eigenvalue weighted by molar-refractivity contribution is 7.88. The second kappa shape index (κ2) is 7.64. The molecule has 152 valence electrons. The fourth-order valence-electron chi connectivity index (χ4n) is 3.69. The molecule has 0 aliphatic carbocycles. The first-order valence-corrected chi connectivity index (χ1v) is 10.8. The molecule has 4 rings (SSSR count). The molecular formula is C20H19F2N3O3S. The smallest absolute Gasteiger partial charge is 0.261 e. The molecule has 2 heterocycles. The predicted octanol–water partition coefficient (Wildman–Crippen LogP) is 2.84. The van der Waals surface area contributed by atoms with Crippen LogP contribution in [0.3, 0.4) is 0 Å². The monoisotopic (exact) mass is 419 g/mol. The molecule has 6 nitrogen and oxygen atoms in total. The first-order chi connectivity index (χ1) is 13.8. The summed E-state index contributed by atoms with van der Waals surface area (Å²) in [5, 5.41) is 0.469. The number of hydrogen-bond donors (Lipinski definition) is 0. The van der Waals surface area contributed by atoms with Crippen LogP contribution in [-0.2, 0) is 15.8 Å². The molecule has 0 saturated carbocycles. The van der Waals surface area contributed by atoms with E-state index < -0.39 is 27.4 Å². The number of rotatable bonds is 4. The van der Waals surface area contributed by atoms with Gasteiger partial charge in [0.1, 0.15) is 11.6 Å². The summed E-state index contributed by atoms with van der Waals surface area (Å²) >= 11 is 0. The van der Waals surface area contributed by atoms with Crippen LogP contribution in [0, 0.1) is 11.6 Å². The molecule has 1 aliphatic heterocycles. The summed E-state index contributed by atoms with van der Waals surface area (Å²) in [5.41, 5.74) is 0.142. The Morgan fingerprint density at radius 3 is 2.76 bits per heavy atom. The highest BCUT2D eigenvalue weighted by Gasteiger charge is 2.31. The van der Waals surface area contributed by atoms with Gasteiger partial charge in [0.15, 0.2) is 0 Å². The third kappa shape index (κ3) is 3.92. The molecular weight excluding hydrogens is 400 g/mol. The van der Waals surface area contributed by atoms with Gasteiger partial charge in [0.2, 0.25) is 10.0 Å². The molecule has 1 aromatic heterocycles. The number of halogens is 2. The van der Waals surface area contributed by atoms with E-state index in [-0.39, 0.29) is 30.3 Å². The molecule has 0 radical (unpaired) electrons. The fourth-order valence-corrected chi connectivity index (χ4v) is 5.29. The van der Waals surface area contributed by atoms with Crippen LogP contribution in [-0.4, -0.2) is 35.4 Å². The van der Waals surface area contributed by atoms with Crippen LogP contribution in [0.15, 0.2) is 53.6 Å². The summed E-state index contributed by atoms with van der Waals surface area (Å²) in [5.74, 6) is -2.09. The highest BCUT2D eigenvalue weighted by Crippen LogP contribution is 2.25. The number of aromatic nitrogens is 2. The van der Waals surface area contributed by atoms with Crippen molar-refractivity contribution in [3.63, 3.8) is 0 Å². The highest BCUT2D eigenvalue weighted by atomic mass is 32.2. The zero-order chi connectivity index (χ0) is 20.6. The van der Waals surface area contributed by atoms with Crippen LogP contribution >= 0.6 is 0 Å². The van der Waals surface area contributed by atoms with Gasteiger partial charge in [-0.25, -0.2) is 22.2 Å². The Balaban J connectivity index is 1.60. The van der Waals surface area contributed by atoms with Gasteiger partial charge in [0.25, 0.3) is 5.56 Å². The number of benzene rings is 2. The van der Waals surface area contributed by atoms with E-state index in [4.69, 9.17) is 0 Å². The molecule has 3 aromatic rings. The molecule has 1 fully saturated rings. The summed E-state index contributed by atoms with van der Waals surface area (Å²) in [6.07, 6.45) is 2.62. The van der Waals surface area contributed by atoms with E-state index in [2.05, 4.69) is 4.98 Å². The minimum Gasteiger partial charge on any atom is -0.294 e. The van der Waals surface area contributed by atoms with Crippen LogP contribution in [0.2, 0.25) is 0 Å². The number of para-hydroxylation sites is 1. The maximum absolute atomic E-state index is 13.9. The van der Waals surface area contributed by atoms with Gasteiger partial charge in [-0.05, 0) is 43.2 Å². The number of sulfonamides is 1. The quantitative estimate of drug-likeness (QED) is 0.652. The molecule has 0 bridgehead atoms. The summed E-state index contributed by atoms with van der Waals surface area (Å²) in [7, 11) is -3.88. The Bertz CT molecular complexity index is 1230. The van der Waals surface area contributed by atoms with Gasteiger partial charge in [-0.2, -0.15) is 4.31 Å². The van der Waals surface area contributed by atoms with Crippen LogP contribution in [0.1, 0.15) is 24.4 Å². The molecule has 2 aromatic carbocycles. The van der Waals surface area contributed by atoms with Crippen molar-refractivity contribution in [2.45, 2.75) is 24.6 Å². The average molecular weight is 419 g/mol. The van der Waals surface area contributed by atoms with Crippen molar-refractivity contribution >= 4 is 20.9 Å². The van der Waals surface area contributed by atoms with E-state index in [1.165, 1.54) is 15.2 Å². The van der Waals surface area contributed by atoms with Crippen molar-refractivity contribution in [3.05, 3.63) is 76.3 Å². The van der Waals surface area contributed by atoms with E-state index in [0.29, 0.717) is 23.7 Å². The molecule has 1 aliphatic rings. The lowest BCUT2D eigenvalue weighted by atomic mass is 10.1. The van der Waals surface area contributed by atoms with E-state index in [0.717, 1.165) is 18.2 Å². The lowest BCUT2D eigenvalue weighted by Gasteiger charge is -2.32. The number of piperidine rings is 1. The zero-order valence-corrected chi connectivity index (χ0v) is 16.3. The number of hydrogen-bond acceptors (Lipinski definition) is 4. The largest absolute Gasteiger partial charge is 0.294 e. The third-order valence-electron chi connectivity index (χ3n) is 5.18. The van der Waals surface area contributed by atoms with E-state index in [9.17, 15) is 22.0 Å². The van der Waals surface area contributed by atoms with Crippen LogP contribution in [0.4, 0.5) is 8.78 Å². The van der Waals surface area contributed by atoms with Gasteiger partial charge in [-0.3, -0.25) is 9.36 Å². The second-order valence-corrected chi connectivity index (χ2v) is 9.09. The van der Waals surface area contributed by atoms with E-state index in [1.807, 2.05) is 0 Å². The van der Waals surface area contributed by atoms with Gasteiger partial charge < -0.3 is 0 Å². The second-order valence-electron chi connectivity index (χ2n) is 7.12. The fraction of sp³-hybridized carbons (Fsp3) is 0.300. The van der Waals surface area contributed by atoms with Crippen molar-refractivity contribution in [2.75, 3.05) is 13.1 Å². The van der Waals surface area contributed by atoms with E-state index in [1.54, 1.807) is 24.3 Å². The molecule has 1 atom stereocenters. The normalized spacial score (nSPS) is 18.2. The Labute approximate surface area is 166 Å². The summed E-state index contributed by atoms with van der Waals surface area (Å²) in [4.78, 5) is 17.1.